The van der Waals surface area contributed by atoms with Gasteiger partial charge in [-0.1, -0.05) is 0 Å². The van der Waals surface area contributed by atoms with Crippen LogP contribution in [0.1, 0.15) is 35.3 Å². The Balaban J connectivity index is 2.31. The fourth-order valence-electron chi connectivity index (χ4n) is 1.79. The number of rotatable bonds is 2. The molecule has 4 heteroatoms. The Morgan fingerprint density at radius 2 is 2.43 bits per heavy atom. The van der Waals surface area contributed by atoms with Crippen LogP contribution in [0.5, 0.6) is 0 Å². The summed E-state index contributed by atoms with van der Waals surface area (Å²) in [4.78, 5) is 5.73. The fraction of sp³-hybridized carbons (Fsp3) is 0.700. The fourth-order valence-corrected chi connectivity index (χ4v) is 2.86. The van der Waals surface area contributed by atoms with Crippen molar-refractivity contribution in [1.82, 2.24) is 4.98 Å². The van der Waals surface area contributed by atoms with Crippen LogP contribution >= 0.6 is 11.3 Å². The van der Waals surface area contributed by atoms with E-state index in [0.717, 1.165) is 30.2 Å². The van der Waals surface area contributed by atoms with E-state index in [9.17, 15) is 0 Å². The van der Waals surface area contributed by atoms with Gasteiger partial charge in [0.1, 0.15) is 10.6 Å². The number of aryl methyl sites for hydroxylation is 1. The van der Waals surface area contributed by atoms with E-state index in [-0.39, 0.29) is 5.60 Å². The number of thiazole rings is 1. The molecular formula is C10H16N2OS. The molecule has 1 aliphatic heterocycles. The van der Waals surface area contributed by atoms with Gasteiger partial charge in [-0.2, -0.15) is 0 Å². The smallest absolute Gasteiger partial charge is 0.125 e. The first kappa shape index (κ1) is 10.1. The highest BCUT2D eigenvalue weighted by molar-refractivity contribution is 7.11. The van der Waals surface area contributed by atoms with Gasteiger partial charge < -0.3 is 10.5 Å². The van der Waals surface area contributed by atoms with Crippen LogP contribution in [0.3, 0.4) is 0 Å². The van der Waals surface area contributed by atoms with Crippen LogP contribution in [0.15, 0.2) is 0 Å². The highest BCUT2D eigenvalue weighted by Crippen LogP contribution is 2.38. The molecule has 1 aromatic heterocycles. The number of nitrogens with two attached hydrogens (primary N) is 1. The van der Waals surface area contributed by atoms with E-state index >= 15 is 0 Å². The Kier molecular flexibility index (Phi) is 2.60. The van der Waals surface area contributed by atoms with Crippen molar-refractivity contribution in [2.24, 2.45) is 5.73 Å². The lowest BCUT2D eigenvalue weighted by Gasteiger charge is -2.19. The standard InChI is InChI=1S/C10H16N2OS/c1-7-8(6-11)14-9(12-7)10(2)4-3-5-13-10/h3-6,11H2,1-2H3. The van der Waals surface area contributed by atoms with Crippen molar-refractivity contribution in [1.29, 1.82) is 0 Å². The maximum absolute atomic E-state index is 5.75. The Labute approximate surface area is 88.3 Å². The molecule has 78 valence electrons. The van der Waals surface area contributed by atoms with Gasteiger partial charge in [-0.15, -0.1) is 11.3 Å². The van der Waals surface area contributed by atoms with Crippen LogP contribution in [-0.2, 0) is 16.9 Å². The quantitative estimate of drug-likeness (QED) is 0.815. The maximum Gasteiger partial charge on any atom is 0.125 e. The van der Waals surface area contributed by atoms with E-state index in [1.54, 1.807) is 11.3 Å². The molecule has 0 amide bonds. The molecule has 1 saturated heterocycles. The van der Waals surface area contributed by atoms with Crippen LogP contribution in [0.25, 0.3) is 0 Å². The lowest BCUT2D eigenvalue weighted by molar-refractivity contribution is 0.0166. The van der Waals surface area contributed by atoms with Gasteiger partial charge in [0.05, 0.1) is 5.69 Å². The summed E-state index contributed by atoms with van der Waals surface area (Å²) >= 11 is 1.69. The Hall–Kier alpha value is -0.450. The summed E-state index contributed by atoms with van der Waals surface area (Å²) in [5.74, 6) is 0. The van der Waals surface area contributed by atoms with Gasteiger partial charge in [-0.3, -0.25) is 0 Å². The Morgan fingerprint density at radius 1 is 1.64 bits per heavy atom. The second-order valence-electron chi connectivity index (χ2n) is 3.91. The first-order chi connectivity index (χ1) is 6.65. The molecule has 2 heterocycles. The van der Waals surface area contributed by atoms with Crippen molar-refractivity contribution in [3.63, 3.8) is 0 Å². The molecule has 0 bridgehead atoms. The molecule has 0 aromatic carbocycles. The third-order valence-corrected chi connectivity index (χ3v) is 4.17. The molecule has 0 spiro atoms. The van der Waals surface area contributed by atoms with Crippen molar-refractivity contribution in [3.05, 3.63) is 15.6 Å². The van der Waals surface area contributed by atoms with Gasteiger partial charge in [0, 0.05) is 18.0 Å². The summed E-state index contributed by atoms with van der Waals surface area (Å²) in [6.07, 6.45) is 2.21. The minimum atomic E-state index is -0.150. The third-order valence-electron chi connectivity index (χ3n) is 2.75. The summed E-state index contributed by atoms with van der Waals surface area (Å²) in [6, 6.07) is 0. The minimum absolute atomic E-state index is 0.150. The molecule has 0 radical (unpaired) electrons. The largest absolute Gasteiger partial charge is 0.368 e. The molecule has 1 atom stereocenters. The summed E-state index contributed by atoms with van der Waals surface area (Å²) in [6.45, 7) is 5.58. The van der Waals surface area contributed by atoms with E-state index in [1.165, 1.54) is 4.88 Å². The van der Waals surface area contributed by atoms with Crippen LogP contribution in [0.2, 0.25) is 0 Å². The predicted octanol–water partition coefficient (Wildman–Crippen LogP) is 1.94. The second kappa shape index (κ2) is 3.61. The van der Waals surface area contributed by atoms with Crippen molar-refractivity contribution in [2.75, 3.05) is 6.61 Å². The molecule has 1 aliphatic rings. The third kappa shape index (κ3) is 1.58. The van der Waals surface area contributed by atoms with Crippen LogP contribution < -0.4 is 5.73 Å². The molecule has 2 rings (SSSR count). The highest BCUT2D eigenvalue weighted by Gasteiger charge is 2.35. The van der Waals surface area contributed by atoms with Crippen molar-refractivity contribution in [3.8, 4) is 0 Å². The first-order valence-electron chi connectivity index (χ1n) is 4.96. The Morgan fingerprint density at radius 3 is 2.93 bits per heavy atom. The minimum Gasteiger partial charge on any atom is -0.368 e. The molecular weight excluding hydrogens is 196 g/mol. The van der Waals surface area contributed by atoms with Crippen molar-refractivity contribution < 1.29 is 4.74 Å². The summed E-state index contributed by atoms with van der Waals surface area (Å²) in [5.41, 5.74) is 6.54. The van der Waals surface area contributed by atoms with Crippen LogP contribution in [-0.4, -0.2) is 11.6 Å². The van der Waals surface area contributed by atoms with Crippen LogP contribution in [0, 0.1) is 6.92 Å². The number of aromatic nitrogens is 1. The van der Waals surface area contributed by atoms with E-state index in [4.69, 9.17) is 10.5 Å². The monoisotopic (exact) mass is 212 g/mol. The summed E-state index contributed by atoms with van der Waals surface area (Å²) in [5, 5.41) is 1.09. The van der Waals surface area contributed by atoms with Gasteiger partial charge in [-0.05, 0) is 26.7 Å². The Bertz CT molecular complexity index is 329. The predicted molar refractivity (Wildman–Crippen MR) is 57.3 cm³/mol. The van der Waals surface area contributed by atoms with Gasteiger partial charge in [0.25, 0.3) is 0 Å². The number of hydrogen-bond acceptors (Lipinski definition) is 4. The molecule has 2 N–H and O–H groups in total. The number of hydrogen-bond donors (Lipinski definition) is 1. The SMILES string of the molecule is Cc1nc(C2(C)CCCO2)sc1CN. The average molecular weight is 212 g/mol. The molecule has 0 saturated carbocycles. The lowest BCUT2D eigenvalue weighted by Crippen LogP contribution is -2.19. The molecule has 1 unspecified atom stereocenters. The average Bonchev–Trinajstić information content (AvgIpc) is 2.73. The van der Waals surface area contributed by atoms with E-state index in [2.05, 4.69) is 11.9 Å². The topological polar surface area (TPSA) is 48.1 Å². The first-order valence-corrected chi connectivity index (χ1v) is 5.78. The molecule has 1 aromatic rings. The van der Waals surface area contributed by atoms with Gasteiger partial charge in [0.15, 0.2) is 0 Å². The highest BCUT2D eigenvalue weighted by atomic mass is 32.1. The normalized spacial score (nSPS) is 27.1. The molecule has 14 heavy (non-hydrogen) atoms. The van der Waals surface area contributed by atoms with Crippen LogP contribution in [0.4, 0.5) is 0 Å². The summed E-state index contributed by atoms with van der Waals surface area (Å²) in [7, 11) is 0. The van der Waals surface area contributed by atoms with Crippen molar-refractivity contribution in [2.45, 2.75) is 38.8 Å². The van der Waals surface area contributed by atoms with Gasteiger partial charge >= 0.3 is 0 Å². The molecule has 1 fully saturated rings. The number of nitrogens with zero attached hydrogens (tertiary/aromatic N) is 1. The number of ether oxygens (including phenoxy) is 1. The lowest BCUT2D eigenvalue weighted by atomic mass is 10.0. The van der Waals surface area contributed by atoms with Gasteiger partial charge in [0.2, 0.25) is 0 Å². The zero-order chi connectivity index (χ0) is 10.2. The van der Waals surface area contributed by atoms with E-state index in [0.29, 0.717) is 6.54 Å². The maximum atomic E-state index is 5.75. The zero-order valence-electron chi connectivity index (χ0n) is 8.67. The van der Waals surface area contributed by atoms with Gasteiger partial charge in [-0.25, -0.2) is 4.98 Å². The van der Waals surface area contributed by atoms with E-state index < -0.39 is 0 Å². The van der Waals surface area contributed by atoms with E-state index in [1.807, 2.05) is 6.92 Å². The van der Waals surface area contributed by atoms with Crippen molar-refractivity contribution >= 4 is 11.3 Å². The zero-order valence-corrected chi connectivity index (χ0v) is 9.49. The summed E-state index contributed by atoms with van der Waals surface area (Å²) < 4.78 is 5.75. The second-order valence-corrected chi connectivity index (χ2v) is 5.00. The molecule has 0 aliphatic carbocycles. The molecule has 3 nitrogen and oxygen atoms in total.